The molecule has 8 nitrogen and oxygen atoms in total. The Labute approximate surface area is 161 Å². The average Bonchev–Trinajstić information content (AvgIpc) is 3.41. The summed E-state index contributed by atoms with van der Waals surface area (Å²) in [6, 6.07) is 10.3. The highest BCUT2D eigenvalue weighted by Gasteiger charge is 2.27. The number of rotatable bonds is 4. The zero-order valence-corrected chi connectivity index (χ0v) is 15.4. The largest absolute Gasteiger partial charge is 0.372 e. The van der Waals surface area contributed by atoms with Crippen LogP contribution in [0.25, 0.3) is 22.9 Å². The number of hydrogen-bond acceptors (Lipinski definition) is 7. The second-order valence-electron chi connectivity index (χ2n) is 6.77. The Hall–Kier alpha value is -3.55. The zero-order valence-electron chi connectivity index (χ0n) is 15.4. The number of nitrogens with one attached hydrogen (secondary N) is 1. The van der Waals surface area contributed by atoms with Crippen LogP contribution in [0.5, 0.6) is 0 Å². The first-order valence-corrected chi connectivity index (χ1v) is 9.25. The van der Waals surface area contributed by atoms with Gasteiger partial charge in [-0.1, -0.05) is 35.5 Å². The molecule has 8 heteroatoms. The lowest BCUT2D eigenvalue weighted by atomic mass is 9.96. The molecular weight excluding hydrogens is 354 g/mol. The molecule has 28 heavy (non-hydrogen) atoms. The maximum atomic E-state index is 5.55. The van der Waals surface area contributed by atoms with Crippen LogP contribution in [0.2, 0.25) is 0 Å². The quantitative estimate of drug-likeness (QED) is 0.587. The van der Waals surface area contributed by atoms with Gasteiger partial charge in [0.15, 0.2) is 0 Å². The summed E-state index contributed by atoms with van der Waals surface area (Å²) in [5.74, 6) is 3.00. The fraction of sp³-hybridized carbons (Fsp3) is 0.250. The molecule has 0 radical (unpaired) electrons. The van der Waals surface area contributed by atoms with Gasteiger partial charge in [0.1, 0.15) is 17.3 Å². The Morgan fingerprint density at radius 1 is 1.07 bits per heavy atom. The van der Waals surface area contributed by atoms with Crippen molar-refractivity contribution in [2.24, 2.45) is 0 Å². The third-order valence-corrected chi connectivity index (χ3v) is 5.05. The van der Waals surface area contributed by atoms with E-state index in [1.165, 1.54) is 5.69 Å². The third kappa shape index (κ3) is 2.92. The molecule has 140 valence electrons. The number of fused-ring (bicyclic) bond motifs is 1. The fourth-order valence-electron chi connectivity index (χ4n) is 3.57. The zero-order chi connectivity index (χ0) is 18.9. The van der Waals surface area contributed by atoms with E-state index in [0.717, 1.165) is 30.8 Å². The molecule has 4 heterocycles. The van der Waals surface area contributed by atoms with Gasteiger partial charge in [0.2, 0.25) is 11.7 Å². The third-order valence-electron chi connectivity index (χ3n) is 5.05. The Morgan fingerprint density at radius 2 is 1.96 bits per heavy atom. The van der Waals surface area contributed by atoms with E-state index >= 15 is 0 Å². The van der Waals surface area contributed by atoms with Gasteiger partial charge in [-0.3, -0.25) is 0 Å². The van der Waals surface area contributed by atoms with Crippen molar-refractivity contribution >= 4 is 5.82 Å². The van der Waals surface area contributed by atoms with Gasteiger partial charge >= 0.3 is 0 Å². The van der Waals surface area contributed by atoms with Gasteiger partial charge in [0.05, 0.1) is 12.4 Å². The van der Waals surface area contributed by atoms with Crippen LogP contribution in [-0.2, 0) is 13.0 Å². The molecule has 5 rings (SSSR count). The molecule has 1 aromatic carbocycles. The highest BCUT2D eigenvalue weighted by Crippen LogP contribution is 2.32. The highest BCUT2D eigenvalue weighted by molar-refractivity contribution is 5.56. The summed E-state index contributed by atoms with van der Waals surface area (Å²) in [7, 11) is 1.80. The van der Waals surface area contributed by atoms with Gasteiger partial charge < -0.3 is 14.4 Å². The molecule has 0 saturated heterocycles. The summed E-state index contributed by atoms with van der Waals surface area (Å²) < 4.78 is 7.83. The number of imidazole rings is 1. The van der Waals surface area contributed by atoms with Crippen molar-refractivity contribution in [3.05, 3.63) is 60.5 Å². The summed E-state index contributed by atoms with van der Waals surface area (Å²) >= 11 is 0. The lowest BCUT2D eigenvalue weighted by molar-refractivity contribution is 0.326. The monoisotopic (exact) mass is 373 g/mol. The SMILES string of the molecule is CNc1cnc(-c2noc(C3CCn4c(cnc4-c4ccccc4)C3)n2)cn1. The molecule has 1 atom stereocenters. The molecule has 1 unspecified atom stereocenters. The van der Waals surface area contributed by atoms with Crippen molar-refractivity contribution in [2.45, 2.75) is 25.3 Å². The summed E-state index contributed by atoms with van der Waals surface area (Å²) in [4.78, 5) is 17.8. The van der Waals surface area contributed by atoms with Crippen LogP contribution in [-0.4, -0.2) is 36.7 Å². The Bertz CT molecular complexity index is 1090. The van der Waals surface area contributed by atoms with Gasteiger partial charge in [0.25, 0.3) is 0 Å². The maximum Gasteiger partial charge on any atom is 0.230 e. The van der Waals surface area contributed by atoms with E-state index in [9.17, 15) is 0 Å². The van der Waals surface area contributed by atoms with Gasteiger partial charge in [0, 0.05) is 43.4 Å². The second kappa shape index (κ2) is 6.88. The summed E-state index contributed by atoms with van der Waals surface area (Å²) in [5, 5.41) is 7.03. The van der Waals surface area contributed by atoms with Crippen LogP contribution in [0.4, 0.5) is 5.82 Å². The van der Waals surface area contributed by atoms with Crippen molar-refractivity contribution in [2.75, 3.05) is 12.4 Å². The molecule has 0 bridgehead atoms. The first kappa shape index (κ1) is 16.6. The van der Waals surface area contributed by atoms with Crippen LogP contribution in [0.1, 0.15) is 23.9 Å². The Kier molecular flexibility index (Phi) is 4.08. The minimum atomic E-state index is 0.179. The van der Waals surface area contributed by atoms with E-state index in [0.29, 0.717) is 23.2 Å². The predicted octanol–water partition coefficient (Wildman–Crippen LogP) is 3.16. The molecule has 1 aliphatic rings. The molecule has 0 saturated carbocycles. The summed E-state index contributed by atoms with van der Waals surface area (Å²) in [6.07, 6.45) is 6.99. The number of anilines is 1. The normalized spacial score (nSPS) is 16.0. The molecular formula is C20H19N7O. The predicted molar refractivity (Wildman–Crippen MR) is 104 cm³/mol. The number of nitrogens with zero attached hydrogens (tertiary/aromatic N) is 6. The molecule has 0 amide bonds. The lowest BCUT2D eigenvalue weighted by Gasteiger charge is -2.22. The Morgan fingerprint density at radius 3 is 2.75 bits per heavy atom. The molecule has 0 aliphatic carbocycles. The first-order chi connectivity index (χ1) is 13.8. The minimum Gasteiger partial charge on any atom is -0.372 e. The van der Waals surface area contributed by atoms with E-state index in [2.05, 4.69) is 47.1 Å². The van der Waals surface area contributed by atoms with Crippen molar-refractivity contribution in [3.8, 4) is 22.9 Å². The fourth-order valence-corrected chi connectivity index (χ4v) is 3.57. The van der Waals surface area contributed by atoms with E-state index in [1.807, 2.05) is 24.4 Å². The smallest absolute Gasteiger partial charge is 0.230 e. The van der Waals surface area contributed by atoms with Crippen LogP contribution >= 0.6 is 0 Å². The van der Waals surface area contributed by atoms with Gasteiger partial charge in [-0.05, 0) is 6.42 Å². The standard InChI is InChI=1S/C20H19N7O/c1-21-17-12-22-16(11-23-17)18-25-20(28-26-18)14-7-8-27-15(9-14)10-24-19(27)13-5-3-2-4-6-13/h2-6,10-12,14H,7-9H2,1H3,(H,21,23). The summed E-state index contributed by atoms with van der Waals surface area (Å²) in [5.41, 5.74) is 2.92. The minimum absolute atomic E-state index is 0.179. The van der Waals surface area contributed by atoms with Crippen LogP contribution in [0.15, 0.2) is 53.4 Å². The van der Waals surface area contributed by atoms with Crippen molar-refractivity contribution < 1.29 is 4.52 Å². The summed E-state index contributed by atoms with van der Waals surface area (Å²) in [6.45, 7) is 0.874. The van der Waals surface area contributed by atoms with Crippen LogP contribution in [0.3, 0.4) is 0 Å². The van der Waals surface area contributed by atoms with Gasteiger partial charge in [-0.15, -0.1) is 0 Å². The van der Waals surface area contributed by atoms with Crippen LogP contribution < -0.4 is 5.32 Å². The molecule has 0 spiro atoms. The second-order valence-corrected chi connectivity index (χ2v) is 6.77. The Balaban J connectivity index is 1.37. The van der Waals surface area contributed by atoms with Crippen molar-refractivity contribution in [1.29, 1.82) is 0 Å². The highest BCUT2D eigenvalue weighted by atomic mass is 16.5. The number of aromatic nitrogens is 6. The number of hydrogen-bond donors (Lipinski definition) is 1. The maximum absolute atomic E-state index is 5.55. The van der Waals surface area contributed by atoms with Crippen LogP contribution in [0, 0.1) is 0 Å². The number of benzene rings is 1. The molecule has 4 aromatic rings. The molecule has 0 fully saturated rings. The lowest BCUT2D eigenvalue weighted by Crippen LogP contribution is -2.18. The van der Waals surface area contributed by atoms with E-state index in [1.54, 1.807) is 19.4 Å². The average molecular weight is 373 g/mol. The van der Waals surface area contributed by atoms with E-state index in [-0.39, 0.29) is 5.92 Å². The van der Waals surface area contributed by atoms with Gasteiger partial charge in [-0.25, -0.2) is 15.0 Å². The van der Waals surface area contributed by atoms with Gasteiger partial charge in [-0.2, -0.15) is 4.98 Å². The van der Waals surface area contributed by atoms with Crippen molar-refractivity contribution in [3.63, 3.8) is 0 Å². The topological polar surface area (TPSA) is 94.6 Å². The molecule has 1 N–H and O–H groups in total. The first-order valence-electron chi connectivity index (χ1n) is 9.25. The van der Waals surface area contributed by atoms with E-state index in [4.69, 9.17) is 4.52 Å². The molecule has 1 aliphatic heterocycles. The van der Waals surface area contributed by atoms with E-state index < -0.39 is 0 Å². The van der Waals surface area contributed by atoms with Crippen molar-refractivity contribution in [1.82, 2.24) is 29.7 Å². The molecule has 3 aromatic heterocycles.